The topological polar surface area (TPSA) is 143 Å². The molecule has 0 fully saturated rings. The fourth-order valence-corrected chi connectivity index (χ4v) is 14.8. The third kappa shape index (κ3) is 4.24. The summed E-state index contributed by atoms with van der Waals surface area (Å²) in [6.07, 6.45) is 0. The summed E-state index contributed by atoms with van der Waals surface area (Å²) >= 11 is -7.80. The van der Waals surface area contributed by atoms with Crippen molar-refractivity contribution in [2.45, 2.75) is 24.4 Å². The van der Waals surface area contributed by atoms with Crippen molar-refractivity contribution in [1.82, 2.24) is 0 Å². The molecule has 1 unspecified atom stereocenters. The van der Waals surface area contributed by atoms with E-state index in [0.717, 1.165) is 6.07 Å². The Kier molecular flexibility index (Phi) is 5.74. The van der Waals surface area contributed by atoms with Crippen molar-refractivity contribution in [3.63, 3.8) is 0 Å². The number of rotatable bonds is 4. The molecule has 3 rings (SSSR count). The number of fused-ring (bicyclic) bond motifs is 3. The molecule has 0 bridgehead atoms. The quantitative estimate of drug-likeness (QED) is 0.185. The molecule has 0 aliphatic heterocycles. The van der Waals surface area contributed by atoms with Crippen molar-refractivity contribution < 1.29 is 32.0 Å². The van der Waals surface area contributed by atoms with E-state index in [2.05, 4.69) is 0 Å². The van der Waals surface area contributed by atoms with Gasteiger partial charge in [0.05, 0.1) is 0 Å². The molecular weight excluding hydrogens is 660 g/mol. The molecule has 0 spiro atoms. The van der Waals surface area contributed by atoms with Crippen molar-refractivity contribution >= 4 is 93.6 Å². The van der Waals surface area contributed by atoms with Gasteiger partial charge in [0.2, 0.25) is 0 Å². The first-order valence-electron chi connectivity index (χ1n) is 8.06. The van der Waals surface area contributed by atoms with Crippen LogP contribution in [0.15, 0.2) is 35.2 Å². The Morgan fingerprint density at radius 3 is 1.90 bits per heavy atom. The Hall–Kier alpha value is -0.284. The van der Waals surface area contributed by atoms with Crippen LogP contribution in [-0.4, -0.2) is 63.5 Å². The van der Waals surface area contributed by atoms with Gasteiger partial charge in [-0.1, -0.05) is 0 Å². The first kappa shape index (κ1) is 23.4. The Morgan fingerprint density at radius 1 is 0.862 bits per heavy atom. The van der Waals surface area contributed by atoms with Gasteiger partial charge in [0.15, 0.2) is 0 Å². The first-order valence-corrected chi connectivity index (χ1v) is 27.5. The Balaban J connectivity index is 2.82. The summed E-state index contributed by atoms with van der Waals surface area (Å²) in [4.78, 5) is 5.64. The van der Waals surface area contributed by atoms with Crippen molar-refractivity contribution in [1.29, 1.82) is 0 Å². The van der Waals surface area contributed by atoms with Gasteiger partial charge in [-0.05, 0) is 0 Å². The molecule has 1 atom stereocenters. The standard InChI is InChI=1S/C12H6O6S3.4CH3.2O.2Sb/c13-20(14,15)11-7-3-5-9-8-4-1-2-6-10(8)19(12(9)11)21(16,17)18;;;;;;;;/h2-4,6-7H,(H-,13,14,15,16,17,18);4*1H3;;;;/p+1. The summed E-state index contributed by atoms with van der Waals surface area (Å²) in [6.45, 7) is 0. The molecule has 2 N–H and O–H groups in total. The second kappa shape index (κ2) is 7.12. The maximum atomic E-state index is 13.0. The van der Waals surface area contributed by atoms with Crippen molar-refractivity contribution in [3.05, 3.63) is 30.3 Å². The van der Waals surface area contributed by atoms with Crippen molar-refractivity contribution in [2.24, 2.45) is 0 Å². The van der Waals surface area contributed by atoms with Gasteiger partial charge in [0, 0.05) is 0 Å². The second-order valence-corrected chi connectivity index (χ2v) is 31.5. The van der Waals surface area contributed by atoms with Crippen LogP contribution in [-0.2, 0) is 25.3 Å². The van der Waals surface area contributed by atoms with Gasteiger partial charge in [-0.2, -0.15) is 0 Å². The van der Waals surface area contributed by atoms with E-state index in [0.29, 0.717) is 7.02 Å². The van der Waals surface area contributed by atoms with E-state index in [-0.39, 0.29) is 20.2 Å². The predicted octanol–water partition coefficient (Wildman–Crippen LogP) is 2.32. The van der Waals surface area contributed by atoms with Gasteiger partial charge in [0.25, 0.3) is 0 Å². The van der Waals surface area contributed by atoms with Gasteiger partial charge in [-0.25, -0.2) is 0 Å². The predicted molar refractivity (Wildman–Crippen MR) is 116 cm³/mol. The number of hydrogen-bond donors (Lipinski definition) is 2. The van der Waals surface area contributed by atoms with Gasteiger partial charge >= 0.3 is 180 Å². The monoisotopic (exact) mass is 677 g/mol. The molecular formula is C16H19O8S3Sb2+. The second-order valence-electron chi connectivity index (χ2n) is 7.34. The third-order valence-electron chi connectivity index (χ3n) is 4.41. The zero-order valence-corrected chi connectivity index (χ0v) is 23.4. The van der Waals surface area contributed by atoms with Crippen LogP contribution in [0.5, 0.6) is 0 Å². The van der Waals surface area contributed by atoms with E-state index >= 15 is 0 Å². The molecule has 0 aliphatic rings. The molecule has 0 saturated heterocycles. The summed E-state index contributed by atoms with van der Waals surface area (Å²) in [7, 11) is -11.8. The number of benzene rings is 2. The molecule has 1 heterocycles. The number of thiophene rings is 1. The van der Waals surface area contributed by atoms with E-state index in [9.17, 15) is 32.0 Å². The molecule has 0 saturated carbocycles. The SMILES string of the molecule is [CH3][Sb]([CH3])(=[O])[c]1ccc2c(c1)c1[c]([Sb]([CH3])([CH3])=[O])ccc(S(=O)(=O)O)c1[s+]2S(=O)(=O)O. The molecule has 0 aliphatic carbocycles. The van der Waals surface area contributed by atoms with Crippen LogP contribution in [0.3, 0.4) is 0 Å². The summed E-state index contributed by atoms with van der Waals surface area (Å²) in [5.74, 6) is 0. The molecule has 0 radical (unpaired) electrons. The molecule has 0 amide bonds. The van der Waals surface area contributed by atoms with Gasteiger partial charge in [-0.15, -0.1) is 0 Å². The minimum absolute atomic E-state index is 0.117. The summed E-state index contributed by atoms with van der Waals surface area (Å²) in [5.41, 5.74) is 0. The summed E-state index contributed by atoms with van der Waals surface area (Å²) < 4.78 is 94.4. The summed E-state index contributed by atoms with van der Waals surface area (Å²) in [6, 6.07) is 6.77. The van der Waals surface area contributed by atoms with E-state index in [1.165, 1.54) is 34.0 Å². The van der Waals surface area contributed by atoms with E-state index in [1.54, 1.807) is 9.74 Å². The Labute approximate surface area is 178 Å². The van der Waals surface area contributed by atoms with Gasteiger partial charge in [0.1, 0.15) is 0 Å². The van der Waals surface area contributed by atoms with Crippen LogP contribution in [0.4, 0.5) is 0 Å². The first-order chi connectivity index (χ1) is 12.9. The maximum absolute atomic E-state index is 13.0. The number of hydrogen-bond acceptors (Lipinski definition) is 6. The van der Waals surface area contributed by atoms with Crippen LogP contribution in [0.25, 0.3) is 20.2 Å². The molecule has 1 aromatic heterocycles. The van der Waals surface area contributed by atoms with Crippen LogP contribution >= 0.6 is 9.50 Å². The van der Waals surface area contributed by atoms with E-state index in [4.69, 9.17) is 0 Å². The zero-order chi connectivity index (χ0) is 22.2. The van der Waals surface area contributed by atoms with Crippen LogP contribution in [0, 0.1) is 0 Å². The Bertz CT molecular complexity index is 1490. The fraction of sp³-hybridized carbons (Fsp3) is 0.250. The zero-order valence-electron chi connectivity index (χ0n) is 15.8. The van der Waals surface area contributed by atoms with Crippen LogP contribution in [0.2, 0.25) is 19.5 Å². The minimum atomic E-state index is -4.84. The molecule has 2 aromatic carbocycles. The molecule has 158 valence electrons. The molecule has 8 nitrogen and oxygen atoms in total. The average molecular weight is 679 g/mol. The third-order valence-corrected chi connectivity index (χ3v) is 18.4. The fourth-order valence-electron chi connectivity index (χ4n) is 3.19. The summed E-state index contributed by atoms with van der Waals surface area (Å²) in [5, 5.41) is 0.396. The van der Waals surface area contributed by atoms with E-state index in [1.807, 2.05) is 0 Å². The van der Waals surface area contributed by atoms with E-state index < -0.39 is 71.3 Å². The van der Waals surface area contributed by atoms with Crippen LogP contribution in [0.1, 0.15) is 0 Å². The normalized spacial score (nSPS) is 14.6. The molecule has 3 aromatic rings. The van der Waals surface area contributed by atoms with Gasteiger partial charge < -0.3 is 0 Å². The van der Waals surface area contributed by atoms with Crippen LogP contribution < -0.4 is 7.02 Å². The van der Waals surface area contributed by atoms with Crippen molar-refractivity contribution in [3.8, 4) is 0 Å². The van der Waals surface area contributed by atoms with Crippen molar-refractivity contribution in [2.75, 3.05) is 0 Å². The average Bonchev–Trinajstić information content (AvgIpc) is 2.85. The molecule has 29 heavy (non-hydrogen) atoms. The Morgan fingerprint density at radius 2 is 1.45 bits per heavy atom. The molecule has 13 heteroatoms. The van der Waals surface area contributed by atoms with Gasteiger partial charge in [-0.3, -0.25) is 0 Å².